The number of carbonyl (C=O) groups excluding carboxylic acids is 1. The van der Waals surface area contributed by atoms with Crippen LogP contribution in [0.2, 0.25) is 0 Å². The van der Waals surface area contributed by atoms with E-state index < -0.39 is 0 Å². The summed E-state index contributed by atoms with van der Waals surface area (Å²) >= 11 is 1.36. The second-order valence-electron chi connectivity index (χ2n) is 6.75. The largest absolute Gasteiger partial charge is 0.497 e. The average Bonchev–Trinajstić information content (AvgIpc) is 3.04. The van der Waals surface area contributed by atoms with Gasteiger partial charge in [-0.3, -0.25) is 4.79 Å². The molecule has 0 aliphatic rings. The molecule has 0 spiro atoms. The number of hydrogen-bond donors (Lipinski definition) is 2. The van der Waals surface area contributed by atoms with E-state index >= 15 is 0 Å². The van der Waals surface area contributed by atoms with E-state index in [9.17, 15) is 4.79 Å². The summed E-state index contributed by atoms with van der Waals surface area (Å²) in [6, 6.07) is 13.7. The molecule has 0 fully saturated rings. The molecule has 1 amide bonds. The van der Waals surface area contributed by atoms with Crippen molar-refractivity contribution >= 4 is 29.0 Å². The fraction of sp³-hybridized carbons (Fsp3) is 0.286. The van der Waals surface area contributed by atoms with Gasteiger partial charge in [0.1, 0.15) is 5.75 Å². The first-order valence-corrected chi connectivity index (χ1v) is 10.2. The maximum Gasteiger partial charge on any atom is 0.234 e. The molecule has 8 heteroatoms. The van der Waals surface area contributed by atoms with Crippen molar-refractivity contribution in [2.24, 2.45) is 7.05 Å². The number of nitrogens with one attached hydrogen (secondary N) is 2. The Kier molecular flexibility index (Phi) is 6.77. The highest BCUT2D eigenvalue weighted by Gasteiger charge is 2.12. The minimum Gasteiger partial charge on any atom is -0.497 e. The van der Waals surface area contributed by atoms with Crippen molar-refractivity contribution in [2.45, 2.75) is 25.5 Å². The summed E-state index contributed by atoms with van der Waals surface area (Å²) in [5.41, 5.74) is 4.02. The van der Waals surface area contributed by atoms with Crippen molar-refractivity contribution in [3.8, 4) is 5.75 Å². The van der Waals surface area contributed by atoms with E-state index in [1.165, 1.54) is 11.8 Å². The summed E-state index contributed by atoms with van der Waals surface area (Å²) in [4.78, 5) is 12.3. The van der Waals surface area contributed by atoms with Crippen LogP contribution < -0.4 is 15.4 Å². The van der Waals surface area contributed by atoms with E-state index in [1.54, 1.807) is 7.11 Å². The Morgan fingerprint density at radius 1 is 1.07 bits per heavy atom. The van der Waals surface area contributed by atoms with Gasteiger partial charge < -0.3 is 19.9 Å². The number of thioether (sulfide) groups is 1. The lowest BCUT2D eigenvalue weighted by Gasteiger charge is -2.08. The Hall–Kier alpha value is -3.00. The van der Waals surface area contributed by atoms with Gasteiger partial charge in [0.15, 0.2) is 11.0 Å². The van der Waals surface area contributed by atoms with Gasteiger partial charge in [-0.15, -0.1) is 10.2 Å². The maximum atomic E-state index is 12.3. The van der Waals surface area contributed by atoms with E-state index in [0.717, 1.165) is 34.1 Å². The molecule has 3 aromatic rings. The number of benzene rings is 2. The number of amides is 1. The zero-order valence-electron chi connectivity index (χ0n) is 17.0. The van der Waals surface area contributed by atoms with Crippen LogP contribution >= 0.6 is 11.8 Å². The van der Waals surface area contributed by atoms with Crippen LogP contribution in [0.5, 0.6) is 5.75 Å². The van der Waals surface area contributed by atoms with Crippen molar-refractivity contribution in [1.29, 1.82) is 0 Å². The number of carbonyl (C=O) groups is 1. The lowest BCUT2D eigenvalue weighted by atomic mass is 10.1. The highest BCUT2D eigenvalue weighted by atomic mass is 32.2. The maximum absolute atomic E-state index is 12.3. The standard InChI is InChI=1S/C21H25N5O2S/c1-14-9-15(2)11-17(10-14)23-20(27)13-29-21-25-24-19(26(21)3)12-22-16-5-7-18(28-4)8-6-16/h5-11,22H,12-13H2,1-4H3,(H,23,27). The topological polar surface area (TPSA) is 81.1 Å². The molecule has 0 unspecified atom stereocenters. The second kappa shape index (κ2) is 9.47. The first-order chi connectivity index (χ1) is 13.9. The van der Waals surface area contributed by atoms with Crippen molar-refractivity contribution in [1.82, 2.24) is 14.8 Å². The molecule has 0 radical (unpaired) electrons. The fourth-order valence-corrected chi connectivity index (χ4v) is 3.62. The Bertz CT molecular complexity index is 965. The minimum absolute atomic E-state index is 0.0686. The molecule has 0 saturated carbocycles. The van der Waals surface area contributed by atoms with Crippen molar-refractivity contribution in [3.63, 3.8) is 0 Å². The second-order valence-corrected chi connectivity index (χ2v) is 7.70. The number of hydrogen-bond acceptors (Lipinski definition) is 6. The number of nitrogens with zero attached hydrogens (tertiary/aromatic N) is 3. The SMILES string of the molecule is COc1ccc(NCc2nnc(SCC(=O)Nc3cc(C)cc(C)c3)n2C)cc1. The molecule has 7 nitrogen and oxygen atoms in total. The van der Waals surface area contributed by atoms with Crippen LogP contribution in [0, 0.1) is 13.8 Å². The Labute approximate surface area is 174 Å². The van der Waals surface area contributed by atoms with Crippen molar-refractivity contribution in [3.05, 3.63) is 59.4 Å². The summed E-state index contributed by atoms with van der Waals surface area (Å²) in [5, 5.41) is 15.4. The van der Waals surface area contributed by atoms with E-state index in [4.69, 9.17) is 4.74 Å². The van der Waals surface area contributed by atoms with E-state index in [2.05, 4.69) is 26.9 Å². The number of aromatic nitrogens is 3. The fourth-order valence-electron chi connectivity index (χ4n) is 2.89. The normalized spacial score (nSPS) is 10.6. The van der Waals surface area contributed by atoms with Gasteiger partial charge in [-0.05, 0) is 61.4 Å². The summed E-state index contributed by atoms with van der Waals surface area (Å²) < 4.78 is 7.05. The van der Waals surface area contributed by atoms with Crippen LogP contribution in [-0.4, -0.2) is 33.5 Å². The molecule has 0 saturated heterocycles. The van der Waals surface area contributed by atoms with Crippen LogP contribution in [0.25, 0.3) is 0 Å². The van der Waals surface area contributed by atoms with Gasteiger partial charge in [0.05, 0.1) is 19.4 Å². The predicted octanol–water partition coefficient (Wildman–Crippen LogP) is 3.78. The van der Waals surface area contributed by atoms with Gasteiger partial charge in [0.2, 0.25) is 5.91 Å². The zero-order valence-corrected chi connectivity index (χ0v) is 17.8. The molecule has 3 rings (SSSR count). The van der Waals surface area contributed by atoms with Gasteiger partial charge in [-0.2, -0.15) is 0 Å². The molecular formula is C21H25N5O2S. The summed E-state index contributed by atoms with van der Waals surface area (Å²) in [7, 11) is 3.54. The van der Waals surface area contributed by atoms with Crippen LogP contribution in [0.1, 0.15) is 17.0 Å². The third-order valence-corrected chi connectivity index (χ3v) is 5.32. The highest BCUT2D eigenvalue weighted by Crippen LogP contribution is 2.19. The van der Waals surface area contributed by atoms with Crippen LogP contribution in [-0.2, 0) is 18.4 Å². The van der Waals surface area contributed by atoms with Crippen molar-refractivity contribution < 1.29 is 9.53 Å². The number of rotatable bonds is 8. The monoisotopic (exact) mass is 411 g/mol. The lowest BCUT2D eigenvalue weighted by molar-refractivity contribution is -0.113. The number of aryl methyl sites for hydroxylation is 2. The van der Waals surface area contributed by atoms with Gasteiger partial charge >= 0.3 is 0 Å². The minimum atomic E-state index is -0.0686. The van der Waals surface area contributed by atoms with Gasteiger partial charge in [0.25, 0.3) is 0 Å². The quantitative estimate of drug-likeness (QED) is 0.549. The molecule has 0 aliphatic carbocycles. The number of anilines is 2. The van der Waals surface area contributed by atoms with Gasteiger partial charge in [-0.25, -0.2) is 0 Å². The smallest absolute Gasteiger partial charge is 0.234 e. The molecule has 2 aromatic carbocycles. The molecular weight excluding hydrogens is 386 g/mol. The van der Waals surface area contributed by atoms with E-state index in [0.29, 0.717) is 11.7 Å². The Balaban J connectivity index is 1.52. The van der Waals surface area contributed by atoms with Crippen LogP contribution in [0.3, 0.4) is 0 Å². The third-order valence-electron chi connectivity index (χ3n) is 4.30. The number of ether oxygens (including phenoxy) is 1. The predicted molar refractivity (Wildman–Crippen MR) is 117 cm³/mol. The first-order valence-electron chi connectivity index (χ1n) is 9.22. The van der Waals surface area contributed by atoms with Gasteiger partial charge in [-0.1, -0.05) is 17.8 Å². The van der Waals surface area contributed by atoms with Crippen LogP contribution in [0.15, 0.2) is 47.6 Å². The average molecular weight is 412 g/mol. The zero-order chi connectivity index (χ0) is 20.8. The molecule has 1 heterocycles. The van der Waals surface area contributed by atoms with Gasteiger partial charge in [0, 0.05) is 18.4 Å². The summed E-state index contributed by atoms with van der Waals surface area (Å²) in [5.74, 6) is 1.80. The van der Waals surface area contributed by atoms with E-state index in [1.807, 2.05) is 61.9 Å². The Morgan fingerprint density at radius 2 is 1.76 bits per heavy atom. The summed E-state index contributed by atoms with van der Waals surface area (Å²) in [6.45, 7) is 4.56. The highest BCUT2D eigenvalue weighted by molar-refractivity contribution is 7.99. The van der Waals surface area contributed by atoms with Crippen molar-refractivity contribution in [2.75, 3.05) is 23.5 Å². The van der Waals surface area contributed by atoms with Crippen LogP contribution in [0.4, 0.5) is 11.4 Å². The first kappa shape index (κ1) is 20.7. The molecule has 0 bridgehead atoms. The molecule has 0 atom stereocenters. The molecule has 2 N–H and O–H groups in total. The molecule has 1 aromatic heterocycles. The van der Waals surface area contributed by atoms with E-state index in [-0.39, 0.29) is 11.7 Å². The third kappa shape index (κ3) is 5.74. The summed E-state index contributed by atoms with van der Waals surface area (Å²) in [6.07, 6.45) is 0. The molecule has 0 aliphatic heterocycles. The Morgan fingerprint density at radius 3 is 2.41 bits per heavy atom. The molecule has 152 valence electrons. The molecule has 29 heavy (non-hydrogen) atoms. The number of methoxy groups -OCH3 is 1. The lowest BCUT2D eigenvalue weighted by Crippen LogP contribution is -2.15.